The molecule has 1 aromatic heterocycles. The fourth-order valence-electron chi connectivity index (χ4n) is 2.45. The van der Waals surface area contributed by atoms with Crippen molar-refractivity contribution < 1.29 is 27.5 Å². The average Bonchev–Trinajstić information content (AvgIpc) is 2.60. The van der Waals surface area contributed by atoms with Gasteiger partial charge in [-0.15, -0.1) is 0 Å². The van der Waals surface area contributed by atoms with Gasteiger partial charge in [-0.05, 0) is 24.3 Å². The van der Waals surface area contributed by atoms with Crippen LogP contribution in [0.1, 0.15) is 12.0 Å². The van der Waals surface area contributed by atoms with Crippen molar-refractivity contribution in [2.45, 2.75) is 12.6 Å². The molecule has 1 aliphatic rings. The minimum atomic E-state index is -4.49. The van der Waals surface area contributed by atoms with Crippen LogP contribution >= 0.6 is 0 Å². The van der Waals surface area contributed by atoms with Gasteiger partial charge in [-0.1, -0.05) is 12.1 Å². The van der Waals surface area contributed by atoms with E-state index in [0.29, 0.717) is 17.6 Å². The Morgan fingerprint density at radius 3 is 2.69 bits per heavy atom. The number of pyridine rings is 1. The van der Waals surface area contributed by atoms with E-state index in [4.69, 9.17) is 4.74 Å². The number of carbonyl (C=O) groups excluding carboxylic acids is 2. The molecule has 0 spiro atoms. The van der Waals surface area contributed by atoms with Crippen LogP contribution in [0, 0.1) is 0 Å². The molecule has 0 atom stereocenters. The van der Waals surface area contributed by atoms with Crippen LogP contribution in [0.15, 0.2) is 42.6 Å². The maximum absolute atomic E-state index is 12.5. The summed E-state index contributed by atoms with van der Waals surface area (Å²) < 4.78 is 42.8. The summed E-state index contributed by atoms with van der Waals surface area (Å²) in [5, 5.41) is 2.41. The highest BCUT2D eigenvalue weighted by Gasteiger charge is 2.30. The zero-order valence-corrected chi connectivity index (χ0v) is 13.4. The van der Waals surface area contributed by atoms with Crippen LogP contribution in [0.5, 0.6) is 5.75 Å². The van der Waals surface area contributed by atoms with E-state index in [1.807, 2.05) is 0 Å². The summed E-state index contributed by atoms with van der Waals surface area (Å²) in [6.45, 7) is 0.00473. The van der Waals surface area contributed by atoms with E-state index in [0.717, 1.165) is 12.1 Å². The van der Waals surface area contributed by atoms with Crippen LogP contribution in [-0.2, 0) is 15.8 Å². The normalized spacial score (nSPS) is 13.8. The van der Waals surface area contributed by atoms with Crippen molar-refractivity contribution in [3.8, 4) is 5.75 Å². The van der Waals surface area contributed by atoms with E-state index >= 15 is 0 Å². The Morgan fingerprint density at radius 2 is 2.00 bits per heavy atom. The van der Waals surface area contributed by atoms with Gasteiger partial charge >= 0.3 is 6.18 Å². The van der Waals surface area contributed by atoms with Gasteiger partial charge < -0.3 is 15.0 Å². The lowest BCUT2D eigenvalue weighted by Crippen LogP contribution is -2.40. The molecule has 2 heterocycles. The molecule has 2 aromatic rings. The van der Waals surface area contributed by atoms with Crippen molar-refractivity contribution in [1.29, 1.82) is 0 Å². The van der Waals surface area contributed by atoms with Crippen LogP contribution in [0.4, 0.5) is 24.7 Å². The molecule has 0 saturated carbocycles. The van der Waals surface area contributed by atoms with Gasteiger partial charge in [0.25, 0.3) is 5.91 Å². The lowest BCUT2D eigenvalue weighted by molar-refractivity contribution is -0.137. The Labute approximate surface area is 146 Å². The molecule has 9 heteroatoms. The molecule has 0 bridgehead atoms. The highest BCUT2D eigenvalue weighted by Crippen LogP contribution is 2.31. The zero-order valence-electron chi connectivity index (χ0n) is 13.4. The number of para-hydroxylation sites is 2. The second-order valence-electron chi connectivity index (χ2n) is 5.53. The van der Waals surface area contributed by atoms with E-state index in [-0.39, 0.29) is 31.3 Å². The fourth-order valence-corrected chi connectivity index (χ4v) is 2.45. The Morgan fingerprint density at radius 1 is 1.23 bits per heavy atom. The number of ether oxygens (including phenoxy) is 1. The van der Waals surface area contributed by atoms with Crippen molar-refractivity contribution >= 4 is 23.3 Å². The number of hydrogen-bond donors (Lipinski definition) is 1. The maximum atomic E-state index is 12.5. The second-order valence-corrected chi connectivity index (χ2v) is 5.53. The highest BCUT2D eigenvalue weighted by molar-refractivity contribution is 5.99. The van der Waals surface area contributed by atoms with E-state index in [1.54, 1.807) is 24.3 Å². The molecule has 26 heavy (non-hydrogen) atoms. The number of hydrogen-bond acceptors (Lipinski definition) is 4. The number of nitrogens with one attached hydrogen (secondary N) is 1. The van der Waals surface area contributed by atoms with Gasteiger partial charge in [-0.2, -0.15) is 13.2 Å². The number of aromatic nitrogens is 1. The minimum absolute atomic E-state index is 0.0108. The molecular formula is C17H14F3N3O3. The summed E-state index contributed by atoms with van der Waals surface area (Å²) >= 11 is 0. The molecule has 0 aliphatic carbocycles. The third-order valence-electron chi connectivity index (χ3n) is 3.73. The lowest BCUT2D eigenvalue weighted by atomic mass is 10.2. The first-order valence-electron chi connectivity index (χ1n) is 7.70. The second kappa shape index (κ2) is 7.03. The van der Waals surface area contributed by atoms with Crippen LogP contribution < -0.4 is 15.0 Å². The number of fused-ring (bicyclic) bond motifs is 1. The molecule has 1 N–H and O–H groups in total. The molecular weight excluding hydrogens is 351 g/mol. The lowest BCUT2D eigenvalue weighted by Gasteiger charge is -2.29. The van der Waals surface area contributed by atoms with E-state index in [1.165, 1.54) is 4.90 Å². The molecule has 136 valence electrons. The summed E-state index contributed by atoms with van der Waals surface area (Å²) in [4.78, 5) is 29.0. The molecule has 0 radical (unpaired) electrons. The number of rotatable bonds is 4. The summed E-state index contributed by atoms with van der Waals surface area (Å²) in [5.41, 5.74) is -0.324. The number of amides is 2. The van der Waals surface area contributed by atoms with Gasteiger partial charge in [0.2, 0.25) is 5.91 Å². The standard InChI is InChI=1S/C17H14F3N3O3/c18-17(19,20)11-5-6-14(21-9-11)22-15(24)7-8-23-12-3-1-2-4-13(12)26-10-16(23)25/h1-6,9H,7-8,10H2,(H,21,22,24). The summed E-state index contributed by atoms with van der Waals surface area (Å²) in [6.07, 6.45) is -3.88. The molecule has 0 fully saturated rings. The maximum Gasteiger partial charge on any atom is 0.417 e. The van der Waals surface area contributed by atoms with Gasteiger partial charge in [0.05, 0.1) is 11.3 Å². The third kappa shape index (κ3) is 3.93. The molecule has 6 nitrogen and oxygen atoms in total. The van der Waals surface area contributed by atoms with Gasteiger partial charge in [0.1, 0.15) is 11.6 Å². The van der Waals surface area contributed by atoms with Gasteiger partial charge in [0, 0.05) is 19.2 Å². The van der Waals surface area contributed by atoms with E-state index in [2.05, 4.69) is 10.3 Å². The van der Waals surface area contributed by atoms with Crippen molar-refractivity contribution in [3.05, 3.63) is 48.2 Å². The molecule has 1 aromatic carbocycles. The van der Waals surface area contributed by atoms with E-state index < -0.39 is 17.6 Å². The molecule has 0 unspecified atom stereocenters. The Hall–Kier alpha value is -3.10. The average molecular weight is 365 g/mol. The van der Waals surface area contributed by atoms with Gasteiger partial charge in [0.15, 0.2) is 6.61 Å². The Balaban J connectivity index is 1.60. The largest absolute Gasteiger partial charge is 0.482 e. The zero-order chi connectivity index (χ0) is 18.7. The number of anilines is 2. The van der Waals surface area contributed by atoms with Crippen molar-refractivity contribution in [3.63, 3.8) is 0 Å². The topological polar surface area (TPSA) is 71.5 Å². The van der Waals surface area contributed by atoms with Crippen LogP contribution in [0.25, 0.3) is 0 Å². The Bertz CT molecular complexity index is 822. The third-order valence-corrected chi connectivity index (χ3v) is 3.73. The predicted molar refractivity (Wildman–Crippen MR) is 86.8 cm³/mol. The fraction of sp³-hybridized carbons (Fsp3) is 0.235. The van der Waals surface area contributed by atoms with Gasteiger partial charge in [-0.3, -0.25) is 9.59 Å². The van der Waals surface area contributed by atoms with E-state index in [9.17, 15) is 22.8 Å². The number of nitrogens with zero attached hydrogens (tertiary/aromatic N) is 2. The van der Waals surface area contributed by atoms with Crippen molar-refractivity contribution in [2.24, 2.45) is 0 Å². The summed E-state index contributed by atoms with van der Waals surface area (Å²) in [6, 6.07) is 8.87. The van der Waals surface area contributed by atoms with Gasteiger partial charge in [-0.25, -0.2) is 4.98 Å². The minimum Gasteiger partial charge on any atom is -0.482 e. The quantitative estimate of drug-likeness (QED) is 0.905. The number of benzene rings is 1. The van der Waals surface area contributed by atoms with Crippen LogP contribution in [0.2, 0.25) is 0 Å². The summed E-state index contributed by atoms with van der Waals surface area (Å²) in [7, 11) is 0. The van der Waals surface area contributed by atoms with Crippen LogP contribution in [0.3, 0.4) is 0 Å². The predicted octanol–water partition coefficient (Wildman–Crippen LogP) is 2.85. The number of halogens is 3. The first kappa shape index (κ1) is 17.7. The number of alkyl halides is 3. The SMILES string of the molecule is O=C(CCN1C(=O)COc2ccccc21)Nc1ccc(C(F)(F)F)cn1. The Kier molecular flexibility index (Phi) is 4.79. The smallest absolute Gasteiger partial charge is 0.417 e. The van der Waals surface area contributed by atoms with Crippen molar-refractivity contribution in [2.75, 3.05) is 23.4 Å². The molecule has 2 amide bonds. The highest BCUT2D eigenvalue weighted by atomic mass is 19.4. The first-order chi connectivity index (χ1) is 12.3. The van der Waals surface area contributed by atoms with Crippen molar-refractivity contribution in [1.82, 2.24) is 4.98 Å². The monoisotopic (exact) mass is 365 g/mol. The molecule has 3 rings (SSSR count). The summed E-state index contributed by atoms with van der Waals surface area (Å²) in [5.74, 6) is -0.174. The van der Waals surface area contributed by atoms with Crippen LogP contribution in [-0.4, -0.2) is 29.9 Å². The molecule has 0 saturated heterocycles. The molecule has 1 aliphatic heterocycles. The number of carbonyl (C=O) groups is 2. The first-order valence-corrected chi connectivity index (χ1v) is 7.70.